The Labute approximate surface area is 200 Å². The molecule has 1 aromatic rings. The first-order valence-electron chi connectivity index (χ1n) is 12.8. The van der Waals surface area contributed by atoms with E-state index in [0.29, 0.717) is 32.0 Å². The summed E-state index contributed by atoms with van der Waals surface area (Å²) >= 11 is 0. The van der Waals surface area contributed by atoms with Gasteiger partial charge in [0, 0.05) is 5.54 Å². The van der Waals surface area contributed by atoms with Crippen LogP contribution in [0.15, 0.2) is 24.3 Å². The van der Waals surface area contributed by atoms with Crippen LogP contribution in [0.4, 0.5) is 4.79 Å². The lowest BCUT2D eigenvalue weighted by Gasteiger charge is -2.31. The van der Waals surface area contributed by atoms with Crippen LogP contribution in [0.5, 0.6) is 0 Å². The zero-order chi connectivity index (χ0) is 24.2. The number of rotatable bonds is 16. The number of carboxylic acid groups (broad SMARTS) is 1. The Kier molecular flexibility index (Phi) is 11.9. The molecule has 1 fully saturated rings. The van der Waals surface area contributed by atoms with Gasteiger partial charge in [-0.1, -0.05) is 63.3 Å². The minimum atomic E-state index is -3.21. The molecule has 7 heteroatoms. The maximum atomic E-state index is 12.9. The molecule has 0 spiro atoms. The minimum absolute atomic E-state index is 0.221. The predicted octanol–water partition coefficient (Wildman–Crippen LogP) is 7.52. The van der Waals surface area contributed by atoms with Crippen LogP contribution in [0.2, 0.25) is 0 Å². The van der Waals surface area contributed by atoms with Gasteiger partial charge in [0.25, 0.3) is 0 Å². The first kappa shape index (κ1) is 27.9. The summed E-state index contributed by atoms with van der Waals surface area (Å²) in [7, 11) is -3.21. The summed E-state index contributed by atoms with van der Waals surface area (Å²) in [6.07, 6.45) is 10.9. The smallest absolute Gasteiger partial charge is 0.405 e. The van der Waals surface area contributed by atoms with Crippen molar-refractivity contribution in [2.45, 2.75) is 103 Å². The number of amides is 1. The number of benzene rings is 1. The molecule has 0 aromatic heterocycles. The Morgan fingerprint density at radius 3 is 2.30 bits per heavy atom. The van der Waals surface area contributed by atoms with E-state index in [-0.39, 0.29) is 6.16 Å². The summed E-state index contributed by atoms with van der Waals surface area (Å²) in [5.41, 5.74) is 2.03. The molecule has 1 aliphatic carbocycles. The summed E-state index contributed by atoms with van der Waals surface area (Å²) in [6.45, 7) is 6.44. The van der Waals surface area contributed by atoms with Gasteiger partial charge < -0.3 is 19.5 Å². The molecule has 0 bridgehead atoms. The Morgan fingerprint density at radius 2 is 1.70 bits per heavy atom. The van der Waals surface area contributed by atoms with Gasteiger partial charge in [-0.15, -0.1) is 0 Å². The second kappa shape index (κ2) is 14.1. The van der Waals surface area contributed by atoms with E-state index in [0.717, 1.165) is 19.3 Å². The molecule has 1 saturated carbocycles. The van der Waals surface area contributed by atoms with Gasteiger partial charge in [-0.3, -0.25) is 4.57 Å². The lowest BCUT2D eigenvalue weighted by atomic mass is 9.90. The van der Waals surface area contributed by atoms with Crippen LogP contribution in [0.3, 0.4) is 0 Å². The number of unbranched alkanes of at least 4 members (excludes halogenated alkanes) is 5. The molecule has 1 aromatic carbocycles. The quantitative estimate of drug-likeness (QED) is 0.188. The van der Waals surface area contributed by atoms with E-state index in [1.807, 2.05) is 0 Å². The average Bonchev–Trinajstić information content (AvgIpc) is 3.19. The molecular formula is C26H44NO5P. The van der Waals surface area contributed by atoms with E-state index in [9.17, 15) is 14.5 Å². The largest absolute Gasteiger partial charge is 0.465 e. The van der Waals surface area contributed by atoms with Gasteiger partial charge in [0.05, 0.1) is 19.4 Å². The van der Waals surface area contributed by atoms with Crippen LogP contribution in [0.1, 0.15) is 102 Å². The zero-order valence-corrected chi connectivity index (χ0v) is 21.7. The molecule has 6 nitrogen and oxygen atoms in total. The topological polar surface area (TPSA) is 84.9 Å². The van der Waals surface area contributed by atoms with E-state index in [2.05, 4.69) is 36.5 Å². The van der Waals surface area contributed by atoms with E-state index >= 15 is 0 Å². The maximum absolute atomic E-state index is 12.9. The molecule has 2 N–H and O–H groups in total. The van der Waals surface area contributed by atoms with Crippen molar-refractivity contribution in [2.24, 2.45) is 0 Å². The van der Waals surface area contributed by atoms with Crippen molar-refractivity contribution >= 4 is 13.7 Å². The molecule has 1 unspecified atom stereocenters. The van der Waals surface area contributed by atoms with Crippen molar-refractivity contribution < 1.29 is 23.5 Å². The monoisotopic (exact) mass is 481 g/mol. The molecule has 1 aliphatic rings. The van der Waals surface area contributed by atoms with Crippen molar-refractivity contribution in [1.82, 2.24) is 5.32 Å². The van der Waals surface area contributed by atoms with E-state index < -0.39 is 19.2 Å². The SMILES string of the molecule is CCCCCCCCc1ccc(C2CC[C@@](CCP(=O)(OCC)OCC)(NC(=O)O)C2)cc1. The van der Waals surface area contributed by atoms with Crippen molar-refractivity contribution in [1.29, 1.82) is 0 Å². The molecule has 0 radical (unpaired) electrons. The molecule has 1 amide bonds. The highest BCUT2D eigenvalue weighted by Gasteiger charge is 2.42. The summed E-state index contributed by atoms with van der Waals surface area (Å²) in [6, 6.07) is 8.87. The average molecular weight is 482 g/mol. The fraction of sp³-hybridized carbons (Fsp3) is 0.731. The van der Waals surface area contributed by atoms with E-state index in [1.54, 1.807) is 13.8 Å². The lowest BCUT2D eigenvalue weighted by molar-refractivity contribution is 0.173. The molecule has 188 valence electrons. The third-order valence-electron chi connectivity index (χ3n) is 6.77. The van der Waals surface area contributed by atoms with Gasteiger partial charge in [-0.05, 0) is 69.4 Å². The van der Waals surface area contributed by atoms with Crippen molar-refractivity contribution in [2.75, 3.05) is 19.4 Å². The van der Waals surface area contributed by atoms with E-state index in [4.69, 9.17) is 9.05 Å². The molecule has 0 heterocycles. The molecule has 0 saturated heterocycles. The summed E-state index contributed by atoms with van der Waals surface area (Å²) in [4.78, 5) is 11.6. The maximum Gasteiger partial charge on any atom is 0.405 e. The van der Waals surface area contributed by atoms with Crippen molar-refractivity contribution in [3.63, 3.8) is 0 Å². The van der Waals surface area contributed by atoms with Crippen LogP contribution in [-0.2, 0) is 20.0 Å². The number of nitrogens with one attached hydrogen (secondary N) is 1. The predicted molar refractivity (Wildman–Crippen MR) is 134 cm³/mol. The summed E-state index contributed by atoms with van der Waals surface area (Å²) in [5.74, 6) is 0.290. The standard InChI is InChI=1S/C26H44NO5P/c1-4-7-8-9-10-11-12-22-13-15-23(16-14-22)24-17-18-26(21-24,27-25(28)29)19-20-33(30,31-5-2)32-6-3/h13-16,24,27H,4-12,17-21H2,1-3H3,(H,28,29)/t24?,26-/m0/s1. The fourth-order valence-corrected chi connectivity index (χ4v) is 6.84. The number of hydrogen-bond acceptors (Lipinski definition) is 4. The number of carbonyl (C=O) groups is 1. The number of hydrogen-bond donors (Lipinski definition) is 2. The summed E-state index contributed by atoms with van der Waals surface area (Å²) in [5, 5.41) is 12.2. The van der Waals surface area contributed by atoms with Gasteiger partial charge in [0.1, 0.15) is 0 Å². The second-order valence-corrected chi connectivity index (χ2v) is 11.5. The highest BCUT2D eigenvalue weighted by molar-refractivity contribution is 7.53. The second-order valence-electron chi connectivity index (χ2n) is 9.33. The lowest BCUT2D eigenvalue weighted by Crippen LogP contribution is -2.46. The van der Waals surface area contributed by atoms with Gasteiger partial charge in [0.2, 0.25) is 0 Å². The van der Waals surface area contributed by atoms with Crippen LogP contribution in [0.25, 0.3) is 0 Å². The number of aryl methyl sites for hydroxylation is 1. The third-order valence-corrected chi connectivity index (χ3v) is 8.84. The molecule has 2 atom stereocenters. The van der Waals surface area contributed by atoms with E-state index in [1.165, 1.54) is 49.7 Å². The van der Waals surface area contributed by atoms with Crippen LogP contribution < -0.4 is 5.32 Å². The normalized spacial score (nSPS) is 20.8. The Balaban J connectivity index is 1.95. The van der Waals surface area contributed by atoms with Crippen LogP contribution in [-0.4, -0.2) is 36.1 Å². The first-order chi connectivity index (χ1) is 15.9. The van der Waals surface area contributed by atoms with Gasteiger partial charge in [-0.2, -0.15) is 0 Å². The molecule has 2 rings (SSSR count). The van der Waals surface area contributed by atoms with Crippen LogP contribution >= 0.6 is 7.60 Å². The Morgan fingerprint density at radius 1 is 1.06 bits per heavy atom. The Bertz CT molecular complexity index is 744. The minimum Gasteiger partial charge on any atom is -0.465 e. The van der Waals surface area contributed by atoms with Gasteiger partial charge in [-0.25, -0.2) is 4.79 Å². The zero-order valence-electron chi connectivity index (χ0n) is 20.8. The van der Waals surface area contributed by atoms with Crippen molar-refractivity contribution in [3.8, 4) is 0 Å². The first-order valence-corrected chi connectivity index (χ1v) is 14.6. The van der Waals surface area contributed by atoms with Crippen LogP contribution in [0, 0.1) is 0 Å². The van der Waals surface area contributed by atoms with Crippen molar-refractivity contribution in [3.05, 3.63) is 35.4 Å². The van der Waals surface area contributed by atoms with Gasteiger partial charge >= 0.3 is 13.7 Å². The highest BCUT2D eigenvalue weighted by atomic mass is 31.2. The highest BCUT2D eigenvalue weighted by Crippen LogP contribution is 2.52. The fourth-order valence-electron chi connectivity index (χ4n) is 5.02. The van der Waals surface area contributed by atoms with Gasteiger partial charge in [0.15, 0.2) is 0 Å². The summed E-state index contributed by atoms with van der Waals surface area (Å²) < 4.78 is 23.8. The molecule has 0 aliphatic heterocycles. The Hall–Kier alpha value is -1.36. The molecule has 33 heavy (non-hydrogen) atoms. The molecular weight excluding hydrogens is 437 g/mol. The third kappa shape index (κ3) is 9.42.